The highest BCUT2D eigenvalue weighted by Crippen LogP contribution is 2.18. The van der Waals surface area contributed by atoms with Crippen LogP contribution in [-0.2, 0) is 4.74 Å². The molecule has 0 aromatic carbocycles. The predicted molar refractivity (Wildman–Crippen MR) is 83.7 cm³/mol. The molecule has 0 bridgehead atoms. The highest BCUT2D eigenvalue weighted by molar-refractivity contribution is 14.0. The number of piperidine rings is 1. The first-order valence-corrected chi connectivity index (χ1v) is 6.60. The molecular weight excluding hydrogens is 386 g/mol. The van der Waals surface area contributed by atoms with Crippen molar-refractivity contribution in [2.75, 3.05) is 33.3 Å². The number of nitrogens with one attached hydrogen (secondary N) is 1. The normalized spacial score (nSPS) is 17.9. The number of halogens is 4. The first kappa shape index (κ1) is 19.8. The highest BCUT2D eigenvalue weighted by atomic mass is 127. The molecule has 120 valence electrons. The lowest BCUT2D eigenvalue weighted by molar-refractivity contribution is -0.132. The van der Waals surface area contributed by atoms with Crippen molar-refractivity contribution < 1.29 is 17.9 Å². The summed E-state index contributed by atoms with van der Waals surface area (Å²) < 4.78 is 41.8. The summed E-state index contributed by atoms with van der Waals surface area (Å²) in [5.41, 5.74) is 0. The fourth-order valence-corrected chi connectivity index (χ4v) is 2.12. The number of nitrogens with zero attached hydrogens (tertiary/aromatic N) is 2. The Kier molecular flexibility index (Phi) is 9.52. The first-order valence-electron chi connectivity index (χ1n) is 6.60. The van der Waals surface area contributed by atoms with Crippen molar-refractivity contribution >= 4 is 29.9 Å². The van der Waals surface area contributed by atoms with E-state index in [1.807, 2.05) is 11.8 Å². The molecule has 0 spiro atoms. The quantitative estimate of drug-likeness (QED) is 0.441. The fourth-order valence-electron chi connectivity index (χ4n) is 2.12. The van der Waals surface area contributed by atoms with Gasteiger partial charge in [0.25, 0.3) is 0 Å². The van der Waals surface area contributed by atoms with E-state index in [0.29, 0.717) is 12.6 Å². The third kappa shape index (κ3) is 7.51. The lowest BCUT2D eigenvalue weighted by Crippen LogP contribution is -2.47. The second-order valence-electron chi connectivity index (χ2n) is 4.48. The minimum absolute atomic E-state index is 0. The monoisotopic (exact) mass is 409 g/mol. The van der Waals surface area contributed by atoms with Crippen molar-refractivity contribution in [2.45, 2.75) is 38.5 Å². The van der Waals surface area contributed by atoms with Gasteiger partial charge in [-0.15, -0.1) is 24.0 Å². The van der Waals surface area contributed by atoms with Gasteiger partial charge in [0.2, 0.25) is 0 Å². The van der Waals surface area contributed by atoms with Crippen molar-refractivity contribution in [3.63, 3.8) is 0 Å². The third-order valence-corrected chi connectivity index (χ3v) is 3.05. The van der Waals surface area contributed by atoms with E-state index in [0.717, 1.165) is 25.9 Å². The molecule has 4 nitrogen and oxygen atoms in total. The summed E-state index contributed by atoms with van der Waals surface area (Å²) in [4.78, 5) is 6.00. The molecule has 1 aliphatic heterocycles. The van der Waals surface area contributed by atoms with Crippen LogP contribution >= 0.6 is 24.0 Å². The molecule has 0 aromatic heterocycles. The standard InChI is InChI=1S/C12H22F3N3O.HI/c1-3-19-10-4-8-18(9-5-10)11(16-2)17-7-6-12(13,14)15;/h10H,3-9H2,1-2H3,(H,16,17);1H. The molecule has 0 unspecified atom stereocenters. The number of ether oxygens (including phenoxy) is 1. The Morgan fingerprint density at radius 1 is 1.35 bits per heavy atom. The maximum Gasteiger partial charge on any atom is 0.390 e. The average Bonchev–Trinajstić information content (AvgIpc) is 2.35. The zero-order chi connectivity index (χ0) is 14.3. The van der Waals surface area contributed by atoms with Crippen molar-refractivity contribution in [1.82, 2.24) is 10.2 Å². The molecule has 1 fully saturated rings. The van der Waals surface area contributed by atoms with Crippen LogP contribution in [0.15, 0.2) is 4.99 Å². The minimum Gasteiger partial charge on any atom is -0.378 e. The number of hydrogen-bond donors (Lipinski definition) is 1. The van der Waals surface area contributed by atoms with Crippen molar-refractivity contribution in [1.29, 1.82) is 0 Å². The summed E-state index contributed by atoms with van der Waals surface area (Å²) in [7, 11) is 1.59. The third-order valence-electron chi connectivity index (χ3n) is 3.05. The molecule has 0 amide bonds. The lowest BCUT2D eigenvalue weighted by Gasteiger charge is -2.34. The van der Waals surface area contributed by atoms with Gasteiger partial charge in [-0.1, -0.05) is 0 Å². The molecule has 0 saturated carbocycles. The van der Waals surface area contributed by atoms with Gasteiger partial charge in [0.1, 0.15) is 0 Å². The molecule has 1 aliphatic rings. The highest BCUT2D eigenvalue weighted by Gasteiger charge is 2.27. The van der Waals surface area contributed by atoms with Gasteiger partial charge in [0, 0.05) is 33.3 Å². The summed E-state index contributed by atoms with van der Waals surface area (Å²) >= 11 is 0. The molecule has 1 N–H and O–H groups in total. The van der Waals surface area contributed by atoms with E-state index in [2.05, 4.69) is 10.3 Å². The zero-order valence-corrected chi connectivity index (χ0v) is 14.2. The van der Waals surface area contributed by atoms with Crippen molar-refractivity contribution in [3.8, 4) is 0 Å². The maximum absolute atomic E-state index is 12.1. The first-order chi connectivity index (χ1) is 8.96. The van der Waals surface area contributed by atoms with Gasteiger partial charge in [-0.05, 0) is 19.8 Å². The molecule has 0 aliphatic carbocycles. The van der Waals surface area contributed by atoms with E-state index in [-0.39, 0.29) is 36.6 Å². The van der Waals surface area contributed by atoms with Gasteiger partial charge in [-0.3, -0.25) is 4.99 Å². The van der Waals surface area contributed by atoms with Gasteiger partial charge in [-0.2, -0.15) is 13.2 Å². The molecule has 0 atom stereocenters. The Balaban J connectivity index is 0.00000361. The molecule has 20 heavy (non-hydrogen) atoms. The molecular formula is C12H23F3IN3O. The van der Waals surface area contributed by atoms with Crippen molar-refractivity contribution in [3.05, 3.63) is 0 Å². The van der Waals surface area contributed by atoms with E-state index in [1.54, 1.807) is 7.05 Å². The van der Waals surface area contributed by atoms with Crippen LogP contribution in [0.4, 0.5) is 13.2 Å². The number of aliphatic imine (C=N–C) groups is 1. The topological polar surface area (TPSA) is 36.9 Å². The van der Waals surface area contributed by atoms with Crippen LogP contribution in [0.3, 0.4) is 0 Å². The molecule has 1 rings (SSSR count). The Labute approximate surface area is 135 Å². The van der Waals surface area contributed by atoms with Gasteiger partial charge in [0.05, 0.1) is 12.5 Å². The SMILES string of the molecule is CCOC1CCN(C(=NC)NCCC(F)(F)F)CC1.I. The van der Waals surface area contributed by atoms with Crippen LogP contribution in [0.5, 0.6) is 0 Å². The molecule has 0 radical (unpaired) electrons. The van der Waals surface area contributed by atoms with Crippen LogP contribution < -0.4 is 5.32 Å². The maximum atomic E-state index is 12.1. The minimum atomic E-state index is -4.13. The second kappa shape index (κ2) is 9.64. The van der Waals surface area contributed by atoms with E-state index in [9.17, 15) is 13.2 Å². The van der Waals surface area contributed by atoms with E-state index < -0.39 is 12.6 Å². The van der Waals surface area contributed by atoms with E-state index in [1.165, 1.54) is 0 Å². The zero-order valence-electron chi connectivity index (χ0n) is 11.9. The van der Waals surface area contributed by atoms with Crippen LogP contribution in [0.1, 0.15) is 26.2 Å². The van der Waals surface area contributed by atoms with Gasteiger partial charge in [-0.25, -0.2) is 0 Å². The second-order valence-corrected chi connectivity index (χ2v) is 4.48. The number of alkyl halides is 3. The van der Waals surface area contributed by atoms with Crippen LogP contribution in [0, 0.1) is 0 Å². The number of guanidine groups is 1. The summed E-state index contributed by atoms with van der Waals surface area (Å²) in [5.74, 6) is 0.541. The number of likely N-dealkylation sites (tertiary alicyclic amines) is 1. The van der Waals surface area contributed by atoms with E-state index in [4.69, 9.17) is 4.74 Å². The summed E-state index contributed by atoms with van der Waals surface area (Å²) in [5, 5.41) is 2.76. The van der Waals surface area contributed by atoms with Crippen LogP contribution in [0.2, 0.25) is 0 Å². The Morgan fingerprint density at radius 2 is 1.95 bits per heavy atom. The summed E-state index contributed by atoms with van der Waals surface area (Å²) in [6.45, 7) is 4.04. The number of hydrogen-bond acceptors (Lipinski definition) is 2. The lowest BCUT2D eigenvalue weighted by atomic mass is 10.1. The number of rotatable bonds is 4. The smallest absolute Gasteiger partial charge is 0.378 e. The fraction of sp³-hybridized carbons (Fsp3) is 0.917. The van der Waals surface area contributed by atoms with Crippen LogP contribution in [0.25, 0.3) is 0 Å². The Bertz CT molecular complexity index is 292. The Hall–Kier alpha value is -0.250. The van der Waals surface area contributed by atoms with Gasteiger partial charge in [0.15, 0.2) is 5.96 Å². The predicted octanol–water partition coefficient (Wildman–Crippen LogP) is 2.63. The van der Waals surface area contributed by atoms with Gasteiger partial charge >= 0.3 is 6.18 Å². The van der Waals surface area contributed by atoms with Crippen molar-refractivity contribution in [2.24, 2.45) is 4.99 Å². The van der Waals surface area contributed by atoms with E-state index >= 15 is 0 Å². The average molecular weight is 409 g/mol. The molecule has 1 heterocycles. The Morgan fingerprint density at radius 3 is 2.40 bits per heavy atom. The molecule has 1 saturated heterocycles. The largest absolute Gasteiger partial charge is 0.390 e. The van der Waals surface area contributed by atoms with Crippen LogP contribution in [-0.4, -0.2) is 56.4 Å². The molecule has 8 heteroatoms. The summed E-state index contributed by atoms with van der Waals surface area (Å²) in [6.07, 6.45) is -2.95. The molecule has 0 aromatic rings. The summed E-state index contributed by atoms with van der Waals surface area (Å²) in [6, 6.07) is 0. The van der Waals surface area contributed by atoms with Gasteiger partial charge < -0.3 is 15.0 Å².